The first-order chi connectivity index (χ1) is 9.87. The van der Waals surface area contributed by atoms with Crippen molar-refractivity contribution in [3.8, 4) is 6.07 Å². The van der Waals surface area contributed by atoms with E-state index in [0.717, 1.165) is 0 Å². The number of sulfonamides is 1. The normalized spacial score (nSPS) is 11.1. The van der Waals surface area contributed by atoms with Gasteiger partial charge in [-0.1, -0.05) is 6.92 Å². The second kappa shape index (κ2) is 5.46. The van der Waals surface area contributed by atoms with Crippen molar-refractivity contribution in [1.29, 1.82) is 5.26 Å². The van der Waals surface area contributed by atoms with Crippen LogP contribution in [0, 0.1) is 11.3 Å². The van der Waals surface area contributed by atoms with Crippen LogP contribution in [0.2, 0.25) is 0 Å². The van der Waals surface area contributed by atoms with Crippen molar-refractivity contribution in [3.05, 3.63) is 35.7 Å². The van der Waals surface area contributed by atoms with Gasteiger partial charge in [0.25, 0.3) is 10.0 Å². The summed E-state index contributed by atoms with van der Waals surface area (Å²) >= 11 is 0. The highest BCUT2D eigenvalue weighted by molar-refractivity contribution is 7.92. The Hall–Kier alpha value is -2.53. The molecule has 0 spiro atoms. The van der Waals surface area contributed by atoms with E-state index >= 15 is 0 Å². The summed E-state index contributed by atoms with van der Waals surface area (Å²) in [5.74, 6) is 0. The van der Waals surface area contributed by atoms with Crippen molar-refractivity contribution in [3.63, 3.8) is 0 Å². The fourth-order valence-corrected chi connectivity index (χ4v) is 3.16. The molecule has 2 aromatic rings. The first-order valence-corrected chi connectivity index (χ1v) is 7.70. The molecule has 0 aliphatic rings. The SMILES string of the molecule is CCc1nn(C)cc1NS(=O)(=O)c1ccc(N)cc1C#N. The maximum Gasteiger partial charge on any atom is 0.263 e. The average Bonchev–Trinajstić information content (AvgIpc) is 2.77. The molecule has 0 saturated carbocycles. The van der Waals surface area contributed by atoms with Gasteiger partial charge in [-0.15, -0.1) is 0 Å². The van der Waals surface area contributed by atoms with E-state index in [1.807, 2.05) is 13.0 Å². The number of hydrogen-bond acceptors (Lipinski definition) is 5. The Morgan fingerprint density at radius 3 is 2.81 bits per heavy atom. The number of nitriles is 1. The van der Waals surface area contributed by atoms with E-state index in [2.05, 4.69) is 9.82 Å². The lowest BCUT2D eigenvalue weighted by Crippen LogP contribution is -2.15. The predicted octanol–water partition coefficient (Wildman–Crippen LogP) is 1.24. The largest absolute Gasteiger partial charge is 0.399 e. The lowest BCUT2D eigenvalue weighted by atomic mass is 10.2. The van der Waals surface area contributed by atoms with Gasteiger partial charge in [-0.2, -0.15) is 10.4 Å². The lowest BCUT2D eigenvalue weighted by Gasteiger charge is -2.09. The predicted molar refractivity (Wildman–Crippen MR) is 79.0 cm³/mol. The van der Waals surface area contributed by atoms with E-state index in [0.29, 0.717) is 23.5 Å². The highest BCUT2D eigenvalue weighted by Gasteiger charge is 2.21. The van der Waals surface area contributed by atoms with Crippen molar-refractivity contribution in [2.24, 2.45) is 7.05 Å². The van der Waals surface area contributed by atoms with Crippen LogP contribution in [-0.2, 0) is 23.5 Å². The summed E-state index contributed by atoms with van der Waals surface area (Å²) in [6.07, 6.45) is 2.17. The van der Waals surface area contributed by atoms with Crippen LogP contribution >= 0.6 is 0 Å². The van der Waals surface area contributed by atoms with Gasteiger partial charge in [0.15, 0.2) is 0 Å². The van der Waals surface area contributed by atoms with Gasteiger partial charge in [-0.3, -0.25) is 9.40 Å². The monoisotopic (exact) mass is 305 g/mol. The molecule has 2 rings (SSSR count). The Balaban J connectivity index is 2.46. The number of hydrogen-bond donors (Lipinski definition) is 2. The summed E-state index contributed by atoms with van der Waals surface area (Å²) in [7, 11) is -2.16. The minimum Gasteiger partial charge on any atom is -0.399 e. The molecule has 0 aliphatic carbocycles. The van der Waals surface area contributed by atoms with Gasteiger partial charge in [0, 0.05) is 18.9 Å². The number of nitrogens with two attached hydrogens (primary N) is 1. The van der Waals surface area contributed by atoms with Crippen LogP contribution in [0.15, 0.2) is 29.3 Å². The number of nitrogens with one attached hydrogen (secondary N) is 1. The van der Waals surface area contributed by atoms with Gasteiger partial charge in [-0.05, 0) is 24.6 Å². The molecule has 0 radical (unpaired) electrons. The number of benzene rings is 1. The number of anilines is 2. The minimum absolute atomic E-state index is 0.00411. The number of aromatic nitrogens is 2. The maximum absolute atomic E-state index is 12.4. The van der Waals surface area contributed by atoms with E-state index in [4.69, 9.17) is 11.0 Å². The summed E-state index contributed by atoms with van der Waals surface area (Å²) in [6.45, 7) is 1.88. The number of aryl methyl sites for hydroxylation is 2. The number of nitrogen functional groups attached to an aromatic ring is 1. The Labute approximate surface area is 123 Å². The molecule has 0 fully saturated rings. The second-order valence-electron chi connectivity index (χ2n) is 4.49. The molecule has 21 heavy (non-hydrogen) atoms. The first-order valence-electron chi connectivity index (χ1n) is 6.22. The molecule has 1 aromatic heterocycles. The number of rotatable bonds is 4. The van der Waals surface area contributed by atoms with E-state index < -0.39 is 10.0 Å². The van der Waals surface area contributed by atoms with Crippen LogP contribution in [0.4, 0.5) is 11.4 Å². The fraction of sp³-hybridized carbons (Fsp3) is 0.231. The highest BCUT2D eigenvalue weighted by Crippen LogP contribution is 2.23. The van der Waals surface area contributed by atoms with Crippen LogP contribution in [0.25, 0.3) is 0 Å². The second-order valence-corrected chi connectivity index (χ2v) is 6.14. The van der Waals surface area contributed by atoms with Gasteiger partial charge < -0.3 is 5.73 Å². The molecule has 0 saturated heterocycles. The molecule has 110 valence electrons. The third-order valence-electron chi connectivity index (χ3n) is 2.90. The quantitative estimate of drug-likeness (QED) is 0.825. The van der Waals surface area contributed by atoms with Gasteiger partial charge in [0.05, 0.1) is 16.9 Å². The molecule has 8 heteroatoms. The van der Waals surface area contributed by atoms with Crippen LogP contribution in [0.1, 0.15) is 18.2 Å². The molecule has 0 amide bonds. The van der Waals surface area contributed by atoms with Crippen LogP contribution in [0.5, 0.6) is 0 Å². The van der Waals surface area contributed by atoms with Crippen molar-refractivity contribution in [2.75, 3.05) is 10.5 Å². The van der Waals surface area contributed by atoms with Gasteiger partial charge in [0.2, 0.25) is 0 Å². The third-order valence-corrected chi connectivity index (χ3v) is 4.32. The van der Waals surface area contributed by atoms with Gasteiger partial charge in [-0.25, -0.2) is 8.42 Å². The van der Waals surface area contributed by atoms with Crippen molar-refractivity contribution < 1.29 is 8.42 Å². The highest BCUT2D eigenvalue weighted by atomic mass is 32.2. The zero-order valence-electron chi connectivity index (χ0n) is 11.7. The maximum atomic E-state index is 12.4. The molecule has 1 aromatic carbocycles. The van der Waals surface area contributed by atoms with Crippen molar-refractivity contribution in [2.45, 2.75) is 18.2 Å². The molecular formula is C13H15N5O2S. The summed E-state index contributed by atoms with van der Waals surface area (Å²) < 4.78 is 28.9. The Kier molecular flexibility index (Phi) is 3.86. The van der Waals surface area contributed by atoms with Crippen LogP contribution < -0.4 is 10.5 Å². The van der Waals surface area contributed by atoms with Gasteiger partial charge in [0.1, 0.15) is 11.0 Å². The van der Waals surface area contributed by atoms with Crippen molar-refractivity contribution in [1.82, 2.24) is 9.78 Å². The van der Waals surface area contributed by atoms with E-state index in [-0.39, 0.29) is 10.5 Å². The molecule has 1 heterocycles. The molecule has 0 bridgehead atoms. The summed E-state index contributed by atoms with van der Waals surface area (Å²) in [5.41, 5.74) is 6.94. The standard InChI is InChI=1S/C13H15N5O2S/c1-3-11-12(8-18(2)16-11)17-21(19,20)13-5-4-10(15)6-9(13)7-14/h4-6,8,17H,3,15H2,1-2H3. The molecule has 0 unspecified atom stereocenters. The molecule has 0 aliphatic heterocycles. The van der Waals surface area contributed by atoms with Crippen LogP contribution in [0.3, 0.4) is 0 Å². The third kappa shape index (κ3) is 2.98. The Morgan fingerprint density at radius 1 is 1.48 bits per heavy atom. The Morgan fingerprint density at radius 2 is 2.19 bits per heavy atom. The topological polar surface area (TPSA) is 114 Å². The fourth-order valence-electron chi connectivity index (χ4n) is 1.95. The van der Waals surface area contributed by atoms with Gasteiger partial charge >= 0.3 is 0 Å². The average molecular weight is 305 g/mol. The van der Waals surface area contributed by atoms with E-state index in [1.165, 1.54) is 22.9 Å². The Bertz CT molecular complexity index is 818. The van der Waals surface area contributed by atoms with Crippen molar-refractivity contribution >= 4 is 21.4 Å². The van der Waals surface area contributed by atoms with E-state index in [1.54, 1.807) is 13.2 Å². The molecular weight excluding hydrogens is 290 g/mol. The molecule has 7 nitrogen and oxygen atoms in total. The number of nitrogens with zero attached hydrogens (tertiary/aromatic N) is 3. The van der Waals surface area contributed by atoms with E-state index in [9.17, 15) is 8.42 Å². The molecule has 3 N–H and O–H groups in total. The summed E-state index contributed by atoms with van der Waals surface area (Å²) in [6, 6.07) is 5.94. The lowest BCUT2D eigenvalue weighted by molar-refractivity contribution is 0.601. The zero-order valence-corrected chi connectivity index (χ0v) is 12.5. The van der Waals surface area contributed by atoms with Crippen LogP contribution in [-0.4, -0.2) is 18.2 Å². The zero-order chi connectivity index (χ0) is 15.6. The molecule has 0 atom stereocenters. The minimum atomic E-state index is -3.87. The first kappa shape index (κ1) is 14.9. The summed E-state index contributed by atoms with van der Waals surface area (Å²) in [5, 5.41) is 13.2. The smallest absolute Gasteiger partial charge is 0.263 e. The summed E-state index contributed by atoms with van der Waals surface area (Å²) in [4.78, 5) is -0.106.